The van der Waals surface area contributed by atoms with Gasteiger partial charge in [-0.15, -0.1) is 0 Å². The number of piperidine rings is 1. The fourth-order valence-corrected chi connectivity index (χ4v) is 8.26. The molecule has 0 aromatic carbocycles. The van der Waals surface area contributed by atoms with E-state index >= 15 is 0 Å². The van der Waals surface area contributed by atoms with Crippen LogP contribution in [0.15, 0.2) is 0 Å². The number of likely N-dealkylation sites (tertiary alicyclic amines) is 1. The molecule has 0 atom stereocenters. The topological polar surface area (TPSA) is 67.9 Å². The first-order chi connectivity index (χ1) is 17.9. The summed E-state index contributed by atoms with van der Waals surface area (Å²) in [4.78, 5) is 14.9. The molecular formula is C29H42N8. The Labute approximate surface area is 220 Å². The van der Waals surface area contributed by atoms with Crippen molar-refractivity contribution in [1.29, 1.82) is 0 Å². The summed E-state index contributed by atoms with van der Waals surface area (Å²) in [5, 5.41) is 9.80. The summed E-state index contributed by atoms with van der Waals surface area (Å²) in [5.41, 5.74) is 8.00. The fraction of sp³-hybridized carbons (Fsp3) is 0.724. The Morgan fingerprint density at radius 2 is 1.54 bits per heavy atom. The van der Waals surface area contributed by atoms with Crippen LogP contribution < -0.4 is 4.90 Å². The molecular weight excluding hydrogens is 460 g/mol. The van der Waals surface area contributed by atoms with E-state index in [9.17, 15) is 0 Å². The van der Waals surface area contributed by atoms with Gasteiger partial charge in [-0.2, -0.15) is 10.2 Å². The monoisotopic (exact) mass is 502 g/mol. The summed E-state index contributed by atoms with van der Waals surface area (Å²) in [6.45, 7) is 11.8. The van der Waals surface area contributed by atoms with Crippen molar-refractivity contribution in [3.05, 3.63) is 28.5 Å². The van der Waals surface area contributed by atoms with E-state index in [1.807, 2.05) is 25.6 Å². The lowest BCUT2D eigenvalue weighted by atomic mass is 9.56. The number of rotatable bonds is 4. The van der Waals surface area contributed by atoms with Crippen molar-refractivity contribution in [2.45, 2.75) is 104 Å². The lowest BCUT2D eigenvalue weighted by Crippen LogP contribution is -2.58. The Balaban J connectivity index is 1.12. The minimum atomic E-state index is 0.447. The summed E-state index contributed by atoms with van der Waals surface area (Å²) in [6, 6.07) is 0. The van der Waals surface area contributed by atoms with E-state index in [-0.39, 0.29) is 0 Å². The van der Waals surface area contributed by atoms with Gasteiger partial charge in [-0.25, -0.2) is 9.97 Å². The second-order valence-electron chi connectivity index (χ2n) is 12.6. The molecule has 3 aromatic rings. The summed E-state index contributed by atoms with van der Waals surface area (Å²) < 4.78 is 4.37. The Kier molecular flexibility index (Phi) is 5.44. The predicted molar refractivity (Wildman–Crippen MR) is 146 cm³/mol. The van der Waals surface area contributed by atoms with Gasteiger partial charge in [-0.3, -0.25) is 14.3 Å². The van der Waals surface area contributed by atoms with Crippen molar-refractivity contribution >= 4 is 16.9 Å². The first-order valence-electron chi connectivity index (χ1n) is 14.6. The molecule has 0 N–H and O–H groups in total. The summed E-state index contributed by atoms with van der Waals surface area (Å²) in [5.74, 6) is 1.82. The zero-order chi connectivity index (χ0) is 25.4. The first kappa shape index (κ1) is 23.6. The Hall–Kier alpha value is -2.48. The fourth-order valence-electron chi connectivity index (χ4n) is 8.26. The highest BCUT2D eigenvalue weighted by Crippen LogP contribution is 2.56. The minimum Gasteiger partial charge on any atom is -0.350 e. The quantitative estimate of drug-likeness (QED) is 0.518. The largest absolute Gasteiger partial charge is 0.350 e. The molecule has 0 amide bonds. The Morgan fingerprint density at radius 3 is 2.27 bits per heavy atom. The van der Waals surface area contributed by atoms with Gasteiger partial charge in [0, 0.05) is 49.9 Å². The second-order valence-corrected chi connectivity index (χ2v) is 12.6. The molecule has 8 nitrogen and oxygen atoms in total. The third-order valence-corrected chi connectivity index (χ3v) is 10.5. The summed E-state index contributed by atoms with van der Waals surface area (Å²) in [7, 11) is 2.00. The Bertz CT molecular complexity index is 1320. The van der Waals surface area contributed by atoms with Gasteiger partial charge in [-0.1, -0.05) is 6.42 Å². The van der Waals surface area contributed by atoms with E-state index in [1.54, 1.807) is 0 Å². The number of anilines is 1. The van der Waals surface area contributed by atoms with E-state index in [1.165, 1.54) is 87.8 Å². The van der Waals surface area contributed by atoms with Crippen LogP contribution in [-0.4, -0.2) is 59.6 Å². The van der Waals surface area contributed by atoms with Crippen LogP contribution in [-0.2, 0) is 26.6 Å². The van der Waals surface area contributed by atoms with Crippen LogP contribution in [0.4, 0.5) is 5.82 Å². The van der Waals surface area contributed by atoms with Crippen LogP contribution in [0, 0.1) is 26.2 Å². The number of aryl methyl sites for hydroxylation is 4. The molecule has 198 valence electrons. The van der Waals surface area contributed by atoms with Gasteiger partial charge >= 0.3 is 0 Å². The highest BCUT2D eigenvalue weighted by molar-refractivity contribution is 5.88. The van der Waals surface area contributed by atoms with Crippen molar-refractivity contribution in [1.82, 2.24) is 34.4 Å². The molecule has 5 aliphatic rings. The van der Waals surface area contributed by atoms with Gasteiger partial charge < -0.3 is 4.90 Å². The normalized spacial score (nSPS) is 28.3. The standard InChI is InChI=1S/C29H42N8/c1-20-23-18-35(27-26-25(30-22(3)31-27)21(2)32-34(26)4)17-8-24(23)37(33-20)19-28-9-12-29(13-10-28,14-11-28)36-15-6-5-7-16-36/h5-19H2,1-4H3. The lowest BCUT2D eigenvalue weighted by Gasteiger charge is -2.58. The van der Waals surface area contributed by atoms with Crippen molar-refractivity contribution in [3.63, 3.8) is 0 Å². The lowest BCUT2D eigenvalue weighted by molar-refractivity contribution is -0.0690. The molecule has 3 aliphatic carbocycles. The third kappa shape index (κ3) is 3.73. The summed E-state index contributed by atoms with van der Waals surface area (Å²) >= 11 is 0. The van der Waals surface area contributed by atoms with Gasteiger partial charge in [0.25, 0.3) is 0 Å². The van der Waals surface area contributed by atoms with Crippen molar-refractivity contribution < 1.29 is 0 Å². The molecule has 8 rings (SSSR count). The molecule has 2 bridgehead atoms. The highest BCUT2D eigenvalue weighted by Gasteiger charge is 2.51. The van der Waals surface area contributed by atoms with Gasteiger partial charge in [0.2, 0.25) is 0 Å². The zero-order valence-corrected chi connectivity index (χ0v) is 23.2. The minimum absolute atomic E-state index is 0.447. The first-order valence-corrected chi connectivity index (χ1v) is 14.6. The highest BCUT2D eigenvalue weighted by atomic mass is 15.3. The number of hydrogen-bond donors (Lipinski definition) is 0. The molecule has 8 heteroatoms. The number of fused-ring (bicyclic) bond motifs is 5. The van der Waals surface area contributed by atoms with Crippen LogP contribution in [0.1, 0.15) is 86.3 Å². The molecule has 37 heavy (non-hydrogen) atoms. The summed E-state index contributed by atoms with van der Waals surface area (Å²) in [6.07, 6.45) is 13.6. The average Bonchev–Trinajstić information content (AvgIpc) is 3.38. The van der Waals surface area contributed by atoms with Crippen molar-refractivity contribution in [2.75, 3.05) is 24.5 Å². The molecule has 0 radical (unpaired) electrons. The van der Waals surface area contributed by atoms with E-state index in [4.69, 9.17) is 15.1 Å². The van der Waals surface area contributed by atoms with Gasteiger partial charge in [0.1, 0.15) is 16.9 Å². The molecule has 2 aliphatic heterocycles. The molecule has 5 heterocycles. The average molecular weight is 503 g/mol. The third-order valence-electron chi connectivity index (χ3n) is 10.5. The van der Waals surface area contributed by atoms with Crippen molar-refractivity contribution in [3.8, 4) is 0 Å². The van der Waals surface area contributed by atoms with Crippen LogP contribution in [0.3, 0.4) is 0 Å². The van der Waals surface area contributed by atoms with E-state index in [0.29, 0.717) is 11.0 Å². The van der Waals surface area contributed by atoms with Gasteiger partial charge in [-0.05, 0) is 90.6 Å². The van der Waals surface area contributed by atoms with E-state index in [0.717, 1.165) is 54.4 Å². The molecule has 4 fully saturated rings. The zero-order valence-electron chi connectivity index (χ0n) is 23.2. The van der Waals surface area contributed by atoms with Crippen molar-refractivity contribution in [2.24, 2.45) is 12.5 Å². The molecule has 3 saturated carbocycles. The molecule has 1 saturated heterocycles. The molecule has 0 spiro atoms. The number of aromatic nitrogens is 6. The maximum absolute atomic E-state index is 5.16. The van der Waals surface area contributed by atoms with E-state index in [2.05, 4.69) is 26.5 Å². The maximum Gasteiger partial charge on any atom is 0.158 e. The van der Waals surface area contributed by atoms with Gasteiger partial charge in [0.15, 0.2) is 5.82 Å². The van der Waals surface area contributed by atoms with Crippen LogP contribution in [0.5, 0.6) is 0 Å². The molecule has 3 aromatic heterocycles. The smallest absolute Gasteiger partial charge is 0.158 e. The second kappa shape index (κ2) is 8.52. The Morgan fingerprint density at radius 1 is 0.811 bits per heavy atom. The van der Waals surface area contributed by atoms with Crippen LogP contribution in [0.2, 0.25) is 0 Å². The van der Waals surface area contributed by atoms with E-state index < -0.39 is 0 Å². The van der Waals surface area contributed by atoms with Crippen LogP contribution >= 0.6 is 0 Å². The van der Waals surface area contributed by atoms with Gasteiger partial charge in [0.05, 0.1) is 11.4 Å². The number of hydrogen-bond acceptors (Lipinski definition) is 6. The molecule has 0 unspecified atom stereocenters. The predicted octanol–water partition coefficient (Wildman–Crippen LogP) is 4.63. The number of nitrogens with zero attached hydrogens (tertiary/aromatic N) is 8. The van der Waals surface area contributed by atoms with Crippen LogP contribution in [0.25, 0.3) is 11.0 Å². The maximum atomic E-state index is 5.16. The SMILES string of the molecule is Cc1nc(N2CCc3c(c(C)nn3CC34CCC(N5CCCCC5)(CC3)CC4)C2)c2c(n1)c(C)nn2C.